The number of carbonyl (C=O) groups excluding carboxylic acids is 2. The highest BCUT2D eigenvalue weighted by molar-refractivity contribution is 6.01. The minimum Gasteiger partial charge on any atom is -0.481 e. The Bertz CT molecular complexity index is 1190. The van der Waals surface area contributed by atoms with Crippen LogP contribution in [-0.2, 0) is 16.0 Å². The fraction of sp³-hybridized carbons (Fsp3) is 0.250. The van der Waals surface area contributed by atoms with Gasteiger partial charge >= 0.3 is 12.0 Å². The van der Waals surface area contributed by atoms with Crippen molar-refractivity contribution in [1.29, 1.82) is 0 Å². The van der Waals surface area contributed by atoms with Gasteiger partial charge in [-0.15, -0.1) is 0 Å². The van der Waals surface area contributed by atoms with Crippen LogP contribution in [0.4, 0.5) is 21.9 Å². The Labute approximate surface area is 206 Å². The molecule has 0 heterocycles. The maximum absolute atomic E-state index is 12.8. The lowest BCUT2D eigenvalue weighted by Crippen LogP contribution is -2.31. The van der Waals surface area contributed by atoms with E-state index < -0.39 is 5.97 Å². The maximum atomic E-state index is 12.8. The fourth-order valence-electron chi connectivity index (χ4n) is 3.81. The Kier molecular flexibility index (Phi) is 8.25. The van der Waals surface area contributed by atoms with Crippen LogP contribution in [0.5, 0.6) is 0 Å². The van der Waals surface area contributed by atoms with Crippen molar-refractivity contribution >= 4 is 35.0 Å². The number of aliphatic carboxylic acids is 1. The van der Waals surface area contributed by atoms with Crippen molar-refractivity contribution in [2.75, 3.05) is 29.2 Å². The van der Waals surface area contributed by atoms with Crippen LogP contribution in [-0.4, -0.2) is 37.1 Å². The predicted octanol–water partition coefficient (Wildman–Crippen LogP) is 5.45. The number of urea groups is 1. The van der Waals surface area contributed by atoms with Crippen molar-refractivity contribution in [3.63, 3.8) is 0 Å². The molecule has 0 saturated carbocycles. The minimum absolute atomic E-state index is 0.0623. The number of amides is 3. The van der Waals surface area contributed by atoms with Gasteiger partial charge in [0, 0.05) is 31.2 Å². The number of aryl methyl sites for hydroxylation is 1. The fourth-order valence-corrected chi connectivity index (χ4v) is 3.81. The molecule has 0 bridgehead atoms. The first-order valence-corrected chi connectivity index (χ1v) is 11.4. The molecule has 0 spiro atoms. The van der Waals surface area contributed by atoms with Crippen LogP contribution in [0.3, 0.4) is 0 Å². The van der Waals surface area contributed by atoms with Crippen molar-refractivity contribution in [1.82, 2.24) is 0 Å². The SMILES string of the molecule is Cc1ccccc1N(C)C(=O)Nc1ccc(CC(=O)N(C)c2ccc(C(C)CC(=O)O)cc2)cc1. The summed E-state index contributed by atoms with van der Waals surface area (Å²) in [4.78, 5) is 39.5. The monoisotopic (exact) mass is 473 g/mol. The number of rotatable bonds is 8. The van der Waals surface area contributed by atoms with Crippen molar-refractivity contribution in [3.05, 3.63) is 89.5 Å². The number of likely N-dealkylation sites (N-methyl/N-ethyl adjacent to an activating group) is 1. The summed E-state index contributed by atoms with van der Waals surface area (Å²) in [6.45, 7) is 3.82. The van der Waals surface area contributed by atoms with E-state index in [0.717, 1.165) is 28.1 Å². The topological polar surface area (TPSA) is 90.0 Å². The Hall–Kier alpha value is -4.13. The van der Waals surface area contributed by atoms with E-state index >= 15 is 0 Å². The number of hydrogen-bond acceptors (Lipinski definition) is 3. The zero-order valence-corrected chi connectivity index (χ0v) is 20.5. The molecule has 35 heavy (non-hydrogen) atoms. The molecule has 7 nitrogen and oxygen atoms in total. The molecule has 0 fully saturated rings. The minimum atomic E-state index is -0.835. The lowest BCUT2D eigenvalue weighted by atomic mass is 9.97. The van der Waals surface area contributed by atoms with Crippen molar-refractivity contribution < 1.29 is 19.5 Å². The zero-order valence-electron chi connectivity index (χ0n) is 20.5. The molecule has 182 valence electrons. The second-order valence-electron chi connectivity index (χ2n) is 8.69. The third kappa shape index (κ3) is 6.69. The van der Waals surface area contributed by atoms with Gasteiger partial charge in [-0.3, -0.25) is 14.5 Å². The molecule has 7 heteroatoms. The van der Waals surface area contributed by atoms with E-state index in [-0.39, 0.29) is 30.7 Å². The maximum Gasteiger partial charge on any atom is 0.326 e. The van der Waals surface area contributed by atoms with Crippen molar-refractivity contribution in [2.45, 2.75) is 32.6 Å². The largest absolute Gasteiger partial charge is 0.481 e. The summed E-state index contributed by atoms with van der Waals surface area (Å²) in [6, 6.07) is 22.0. The highest BCUT2D eigenvalue weighted by atomic mass is 16.4. The van der Waals surface area contributed by atoms with E-state index in [1.807, 2.05) is 74.5 Å². The summed E-state index contributed by atoms with van der Waals surface area (Å²) in [6.07, 6.45) is 0.276. The summed E-state index contributed by atoms with van der Waals surface area (Å²) in [5.41, 5.74) is 4.98. The number of nitrogens with zero attached hydrogens (tertiary/aromatic N) is 2. The summed E-state index contributed by atoms with van der Waals surface area (Å²) >= 11 is 0. The lowest BCUT2D eigenvalue weighted by Gasteiger charge is -2.20. The molecular formula is C28H31N3O4. The van der Waals surface area contributed by atoms with Gasteiger partial charge in [0.2, 0.25) is 5.91 Å². The van der Waals surface area contributed by atoms with Gasteiger partial charge in [-0.05, 0) is 59.9 Å². The van der Waals surface area contributed by atoms with E-state index in [0.29, 0.717) is 5.69 Å². The molecule has 3 rings (SSSR count). The number of para-hydroxylation sites is 1. The molecule has 2 N–H and O–H groups in total. The average molecular weight is 474 g/mol. The van der Waals surface area contributed by atoms with E-state index in [4.69, 9.17) is 5.11 Å². The first kappa shape index (κ1) is 25.5. The number of carboxylic acid groups (broad SMARTS) is 1. The van der Waals surface area contributed by atoms with Crippen LogP contribution >= 0.6 is 0 Å². The Morgan fingerprint density at radius 3 is 2.11 bits per heavy atom. The quantitative estimate of drug-likeness (QED) is 0.455. The van der Waals surface area contributed by atoms with Crippen molar-refractivity contribution in [3.8, 4) is 0 Å². The van der Waals surface area contributed by atoms with E-state index in [1.165, 1.54) is 0 Å². The molecule has 0 aromatic heterocycles. The molecule has 0 aliphatic carbocycles. The number of benzene rings is 3. The molecule has 0 saturated heterocycles. The summed E-state index contributed by atoms with van der Waals surface area (Å²) in [5.74, 6) is -1.01. The Balaban J connectivity index is 1.58. The highest BCUT2D eigenvalue weighted by Gasteiger charge is 2.15. The first-order valence-electron chi connectivity index (χ1n) is 11.4. The molecule has 0 aliphatic heterocycles. The van der Waals surface area contributed by atoms with Crippen LogP contribution in [0.25, 0.3) is 0 Å². The van der Waals surface area contributed by atoms with Crippen LogP contribution < -0.4 is 15.1 Å². The number of nitrogens with one attached hydrogen (secondary N) is 1. The van der Waals surface area contributed by atoms with Gasteiger partial charge in [0.25, 0.3) is 0 Å². The number of carbonyl (C=O) groups is 3. The van der Waals surface area contributed by atoms with Gasteiger partial charge in [-0.1, -0.05) is 49.4 Å². The third-order valence-electron chi connectivity index (χ3n) is 6.05. The zero-order chi connectivity index (χ0) is 25.5. The lowest BCUT2D eigenvalue weighted by molar-refractivity contribution is -0.137. The molecule has 3 aromatic carbocycles. The van der Waals surface area contributed by atoms with Crippen LogP contribution in [0.15, 0.2) is 72.8 Å². The third-order valence-corrected chi connectivity index (χ3v) is 6.05. The van der Waals surface area contributed by atoms with Gasteiger partial charge in [-0.25, -0.2) is 4.79 Å². The molecule has 0 radical (unpaired) electrons. The molecule has 0 aliphatic rings. The number of anilines is 3. The molecule has 3 aromatic rings. The summed E-state index contributed by atoms with van der Waals surface area (Å²) < 4.78 is 0. The summed E-state index contributed by atoms with van der Waals surface area (Å²) in [5, 5.41) is 11.8. The molecule has 3 amide bonds. The van der Waals surface area contributed by atoms with E-state index in [2.05, 4.69) is 5.32 Å². The Morgan fingerprint density at radius 1 is 0.886 bits per heavy atom. The first-order chi connectivity index (χ1) is 16.7. The second-order valence-corrected chi connectivity index (χ2v) is 8.69. The number of carboxylic acids is 1. The standard InChI is InChI=1S/C28H31N3O4/c1-19-7-5-6-8-25(19)31(4)28(35)29-23-13-9-21(10-14-23)18-26(32)30(3)24-15-11-22(12-16-24)20(2)17-27(33)34/h5-16,20H,17-18H2,1-4H3,(H,29,35)(H,33,34). The second kappa shape index (κ2) is 11.3. The predicted molar refractivity (Wildman–Crippen MR) is 139 cm³/mol. The number of hydrogen-bond donors (Lipinski definition) is 2. The molecule has 1 unspecified atom stereocenters. The van der Waals surface area contributed by atoms with Gasteiger partial charge < -0.3 is 15.3 Å². The highest BCUT2D eigenvalue weighted by Crippen LogP contribution is 2.23. The van der Waals surface area contributed by atoms with Crippen LogP contribution in [0.1, 0.15) is 36.0 Å². The van der Waals surface area contributed by atoms with Gasteiger partial charge in [0.15, 0.2) is 0 Å². The molecular weight excluding hydrogens is 442 g/mol. The van der Waals surface area contributed by atoms with E-state index in [1.54, 1.807) is 36.0 Å². The molecule has 1 atom stereocenters. The van der Waals surface area contributed by atoms with Gasteiger partial charge in [0.1, 0.15) is 0 Å². The normalized spacial score (nSPS) is 11.4. The smallest absolute Gasteiger partial charge is 0.326 e. The average Bonchev–Trinajstić information content (AvgIpc) is 2.84. The van der Waals surface area contributed by atoms with Crippen LogP contribution in [0.2, 0.25) is 0 Å². The summed E-state index contributed by atoms with van der Waals surface area (Å²) in [7, 11) is 3.44. The van der Waals surface area contributed by atoms with E-state index in [9.17, 15) is 14.4 Å². The van der Waals surface area contributed by atoms with Crippen LogP contribution in [0, 0.1) is 6.92 Å². The van der Waals surface area contributed by atoms with Gasteiger partial charge in [-0.2, -0.15) is 0 Å². The van der Waals surface area contributed by atoms with Crippen molar-refractivity contribution in [2.24, 2.45) is 0 Å². The van der Waals surface area contributed by atoms with Gasteiger partial charge in [0.05, 0.1) is 12.8 Å². The Morgan fingerprint density at radius 2 is 1.51 bits per heavy atom.